The molecule has 16 heavy (non-hydrogen) atoms. The van der Waals surface area contributed by atoms with E-state index < -0.39 is 5.60 Å². The van der Waals surface area contributed by atoms with Crippen molar-refractivity contribution in [3.63, 3.8) is 0 Å². The van der Waals surface area contributed by atoms with Crippen LogP contribution in [0.2, 0.25) is 0 Å². The first kappa shape index (κ1) is 12.6. The normalized spacial score (nSPS) is 11.1. The van der Waals surface area contributed by atoms with Crippen LogP contribution >= 0.6 is 0 Å². The Morgan fingerprint density at radius 2 is 1.81 bits per heavy atom. The Bertz CT molecular complexity index is 389. The second-order valence-electron chi connectivity index (χ2n) is 4.74. The lowest BCUT2D eigenvalue weighted by atomic mass is 10.1. The van der Waals surface area contributed by atoms with Gasteiger partial charge in [-0.25, -0.2) is 4.79 Å². The number of rotatable bonds is 2. The fraction of sp³-hybridized carbons (Fsp3) is 0.462. The number of hydrogen-bond donors (Lipinski definition) is 0. The smallest absolute Gasteiger partial charge is 0.338 e. The summed E-state index contributed by atoms with van der Waals surface area (Å²) in [5.41, 5.74) is 1.01. The molecular weight excluding hydrogens is 204 g/mol. The second kappa shape index (κ2) is 4.56. The number of carbonyl (C=O) groups excluding carboxylic acids is 1. The summed E-state index contributed by atoms with van der Waals surface area (Å²) in [4.78, 5) is 11.8. The molecule has 1 aromatic carbocycles. The Morgan fingerprint density at radius 3 is 2.31 bits per heavy atom. The highest BCUT2D eigenvalue weighted by Crippen LogP contribution is 2.19. The highest BCUT2D eigenvalue weighted by atomic mass is 16.6. The van der Waals surface area contributed by atoms with E-state index in [-0.39, 0.29) is 5.97 Å². The van der Waals surface area contributed by atoms with Gasteiger partial charge in [0.15, 0.2) is 0 Å². The molecule has 0 aromatic heterocycles. The van der Waals surface area contributed by atoms with Crippen LogP contribution < -0.4 is 4.74 Å². The van der Waals surface area contributed by atoms with E-state index in [0.717, 1.165) is 5.56 Å². The molecule has 0 aliphatic rings. The third kappa shape index (κ3) is 3.57. The lowest BCUT2D eigenvalue weighted by Crippen LogP contribution is -2.23. The lowest BCUT2D eigenvalue weighted by molar-refractivity contribution is 0.00691. The molecular formula is C13H18O3. The van der Waals surface area contributed by atoms with Crippen molar-refractivity contribution in [3.05, 3.63) is 29.3 Å². The van der Waals surface area contributed by atoms with Crippen LogP contribution in [0.4, 0.5) is 0 Å². The van der Waals surface area contributed by atoms with Gasteiger partial charge in [-0.2, -0.15) is 0 Å². The van der Waals surface area contributed by atoms with Gasteiger partial charge in [-0.1, -0.05) is 0 Å². The predicted octanol–water partition coefficient (Wildman–Crippen LogP) is 2.96. The van der Waals surface area contributed by atoms with Gasteiger partial charge in [-0.05, 0) is 51.5 Å². The maximum Gasteiger partial charge on any atom is 0.338 e. The third-order valence-corrected chi connectivity index (χ3v) is 1.92. The highest BCUT2D eigenvalue weighted by Gasteiger charge is 2.18. The van der Waals surface area contributed by atoms with Gasteiger partial charge in [-0.15, -0.1) is 0 Å². The van der Waals surface area contributed by atoms with E-state index in [4.69, 9.17) is 9.47 Å². The quantitative estimate of drug-likeness (QED) is 0.722. The van der Waals surface area contributed by atoms with Crippen LogP contribution in [0.3, 0.4) is 0 Å². The van der Waals surface area contributed by atoms with Gasteiger partial charge >= 0.3 is 5.97 Å². The zero-order chi connectivity index (χ0) is 12.3. The van der Waals surface area contributed by atoms with Crippen LogP contribution in [-0.2, 0) is 4.74 Å². The summed E-state index contributed by atoms with van der Waals surface area (Å²) in [6, 6.07) is 5.34. The van der Waals surface area contributed by atoms with E-state index in [1.165, 1.54) is 0 Å². The Morgan fingerprint density at radius 1 is 1.19 bits per heavy atom. The minimum Gasteiger partial charge on any atom is -0.497 e. The molecule has 0 unspecified atom stereocenters. The van der Waals surface area contributed by atoms with E-state index in [1.54, 1.807) is 19.2 Å². The minimum atomic E-state index is -0.478. The largest absolute Gasteiger partial charge is 0.497 e. The first-order valence-electron chi connectivity index (χ1n) is 5.21. The average molecular weight is 222 g/mol. The van der Waals surface area contributed by atoms with Crippen LogP contribution in [0.5, 0.6) is 5.75 Å². The molecule has 1 aromatic rings. The van der Waals surface area contributed by atoms with E-state index in [0.29, 0.717) is 11.3 Å². The van der Waals surface area contributed by atoms with E-state index >= 15 is 0 Å². The van der Waals surface area contributed by atoms with E-state index in [9.17, 15) is 4.79 Å². The van der Waals surface area contributed by atoms with Gasteiger partial charge in [0.2, 0.25) is 0 Å². The average Bonchev–Trinajstić information content (AvgIpc) is 2.14. The van der Waals surface area contributed by atoms with Crippen LogP contribution in [0.1, 0.15) is 36.7 Å². The van der Waals surface area contributed by atoms with Gasteiger partial charge in [0.05, 0.1) is 12.7 Å². The number of esters is 1. The number of aryl methyl sites for hydroxylation is 1. The fourth-order valence-electron chi connectivity index (χ4n) is 1.32. The topological polar surface area (TPSA) is 35.5 Å². The Hall–Kier alpha value is -1.51. The molecule has 0 bridgehead atoms. The van der Waals surface area contributed by atoms with Crippen molar-refractivity contribution >= 4 is 5.97 Å². The molecule has 0 saturated heterocycles. The number of methoxy groups -OCH3 is 1. The number of benzene rings is 1. The maximum absolute atomic E-state index is 11.8. The van der Waals surface area contributed by atoms with Gasteiger partial charge in [0.25, 0.3) is 0 Å². The van der Waals surface area contributed by atoms with E-state index in [2.05, 4.69) is 0 Å². The van der Waals surface area contributed by atoms with Crippen molar-refractivity contribution in [1.82, 2.24) is 0 Å². The molecule has 0 saturated carbocycles. The molecule has 0 spiro atoms. The summed E-state index contributed by atoms with van der Waals surface area (Å²) in [6.07, 6.45) is 0. The number of ether oxygens (including phenoxy) is 2. The van der Waals surface area contributed by atoms with Gasteiger partial charge < -0.3 is 9.47 Å². The molecule has 0 heterocycles. The standard InChI is InChI=1S/C13H18O3/c1-9-6-10(8-11(7-9)15-5)12(14)16-13(2,3)4/h6-8H,1-5H3. The van der Waals surface area contributed by atoms with Crippen LogP contribution in [0, 0.1) is 6.92 Å². The monoisotopic (exact) mass is 222 g/mol. The summed E-state index contributed by atoms with van der Waals surface area (Å²) < 4.78 is 10.4. The third-order valence-electron chi connectivity index (χ3n) is 1.92. The summed E-state index contributed by atoms with van der Waals surface area (Å²) >= 11 is 0. The van der Waals surface area contributed by atoms with Crippen molar-refractivity contribution in [3.8, 4) is 5.75 Å². The van der Waals surface area contributed by atoms with Crippen molar-refractivity contribution in [2.75, 3.05) is 7.11 Å². The van der Waals surface area contributed by atoms with Crippen molar-refractivity contribution in [1.29, 1.82) is 0 Å². The van der Waals surface area contributed by atoms with Crippen molar-refractivity contribution in [2.24, 2.45) is 0 Å². The number of hydrogen-bond acceptors (Lipinski definition) is 3. The second-order valence-corrected chi connectivity index (χ2v) is 4.74. The summed E-state index contributed by atoms with van der Waals surface area (Å²) in [7, 11) is 1.58. The zero-order valence-electron chi connectivity index (χ0n) is 10.5. The number of carbonyl (C=O) groups is 1. The van der Waals surface area contributed by atoms with Crippen LogP contribution in [0.15, 0.2) is 18.2 Å². The summed E-state index contributed by atoms with van der Waals surface area (Å²) in [5.74, 6) is 0.343. The molecule has 0 aliphatic carbocycles. The minimum absolute atomic E-state index is 0.325. The first-order valence-corrected chi connectivity index (χ1v) is 5.21. The zero-order valence-corrected chi connectivity index (χ0v) is 10.5. The lowest BCUT2D eigenvalue weighted by Gasteiger charge is -2.19. The van der Waals surface area contributed by atoms with Gasteiger partial charge in [0.1, 0.15) is 11.4 Å². The molecule has 3 heteroatoms. The molecule has 0 N–H and O–H groups in total. The Kier molecular flexibility index (Phi) is 3.58. The molecule has 1 rings (SSSR count). The summed E-state index contributed by atoms with van der Waals surface area (Å²) in [6.45, 7) is 7.45. The molecule has 3 nitrogen and oxygen atoms in total. The van der Waals surface area contributed by atoms with Gasteiger partial charge in [0, 0.05) is 0 Å². The molecule has 0 amide bonds. The molecule has 0 aliphatic heterocycles. The first-order chi connectivity index (χ1) is 7.31. The van der Waals surface area contributed by atoms with Crippen molar-refractivity contribution in [2.45, 2.75) is 33.3 Å². The van der Waals surface area contributed by atoms with Crippen molar-refractivity contribution < 1.29 is 14.3 Å². The molecule has 88 valence electrons. The molecule has 0 fully saturated rings. The fourth-order valence-corrected chi connectivity index (χ4v) is 1.32. The molecule has 0 radical (unpaired) electrons. The van der Waals surface area contributed by atoms with Crippen LogP contribution in [-0.4, -0.2) is 18.7 Å². The van der Waals surface area contributed by atoms with E-state index in [1.807, 2.05) is 33.8 Å². The predicted molar refractivity (Wildman–Crippen MR) is 62.9 cm³/mol. The highest BCUT2D eigenvalue weighted by molar-refractivity contribution is 5.90. The Balaban J connectivity index is 2.95. The summed E-state index contributed by atoms with van der Waals surface area (Å²) in [5, 5.41) is 0. The Labute approximate surface area is 96.4 Å². The SMILES string of the molecule is COc1cc(C)cc(C(=O)OC(C)(C)C)c1. The maximum atomic E-state index is 11.8. The van der Waals surface area contributed by atoms with Crippen LogP contribution in [0.25, 0.3) is 0 Å². The molecule has 0 atom stereocenters. The van der Waals surface area contributed by atoms with Gasteiger partial charge in [-0.3, -0.25) is 0 Å².